The summed E-state index contributed by atoms with van der Waals surface area (Å²) in [7, 11) is 0. The first kappa shape index (κ1) is 49.0. The number of fused-ring (bicyclic) bond motifs is 2. The molecule has 1 aliphatic heterocycles. The normalized spacial score (nSPS) is 16.4. The minimum atomic E-state index is -1.11. The highest BCUT2D eigenvalue weighted by molar-refractivity contribution is 5.98. The zero-order valence-corrected chi connectivity index (χ0v) is 39.7. The number of benzene rings is 5. The van der Waals surface area contributed by atoms with Crippen molar-refractivity contribution in [1.82, 2.24) is 4.90 Å². The van der Waals surface area contributed by atoms with Crippen LogP contribution in [0.1, 0.15) is 110 Å². The largest absolute Gasteiger partial charge is 0.299 e. The van der Waals surface area contributed by atoms with Crippen molar-refractivity contribution in [3.8, 4) is 0 Å². The second kappa shape index (κ2) is 22.2. The second-order valence-corrected chi connectivity index (χ2v) is 20.1. The second-order valence-electron chi connectivity index (χ2n) is 20.1. The summed E-state index contributed by atoms with van der Waals surface area (Å²) in [4.78, 5) is 87.3. The summed E-state index contributed by atoms with van der Waals surface area (Å²) in [5, 5.41) is 4.24. The van der Waals surface area contributed by atoms with E-state index in [9.17, 15) is 28.8 Å². The molecule has 6 rings (SSSR count). The topological polar surface area (TPSA) is 106 Å². The Balaban J connectivity index is 1.16. The van der Waals surface area contributed by atoms with E-state index in [1.165, 1.54) is 0 Å². The quantitative estimate of drug-likeness (QED) is 0.0608. The third-order valence-corrected chi connectivity index (χ3v) is 14.0. The third kappa shape index (κ3) is 12.7. The standard InChI is InChI=1S/C58H69NO6/c1-38(2)57(65)48(33-45-25-16-23-43-21-12-14-27-50(43)45)35-53(61)46(31-41-18-9-8-10-19-41)36-56(64)58(6,7)37-55(63)40(5)30-52(60)47(34-54(62)51-28-17-29-59(51)39(3)4)32-44-24-15-22-42-20-11-13-26-49(42)44/h8-16,18-27,38-40,46-48,51H,17,28-37H2,1-7H3/t40-,46-,47-,48-,51+/m0/s1. The number of Topliss-reactive ketones (excluding diaryl/α,β-unsaturated/α-hetero) is 6. The van der Waals surface area contributed by atoms with E-state index < -0.39 is 29.1 Å². The van der Waals surface area contributed by atoms with Gasteiger partial charge in [0.2, 0.25) is 0 Å². The van der Waals surface area contributed by atoms with Crippen LogP contribution in [0.3, 0.4) is 0 Å². The molecule has 1 fully saturated rings. The molecule has 0 unspecified atom stereocenters. The first-order chi connectivity index (χ1) is 31.0. The fraction of sp³-hybridized carbons (Fsp3) is 0.448. The number of nitrogens with zero attached hydrogens (tertiary/aromatic N) is 1. The van der Waals surface area contributed by atoms with Crippen molar-refractivity contribution in [2.45, 2.75) is 125 Å². The van der Waals surface area contributed by atoms with E-state index in [-0.39, 0.29) is 84.8 Å². The zero-order valence-electron chi connectivity index (χ0n) is 39.7. The third-order valence-electron chi connectivity index (χ3n) is 14.0. The van der Waals surface area contributed by atoms with Gasteiger partial charge in [-0.15, -0.1) is 0 Å². The summed E-state index contributed by atoms with van der Waals surface area (Å²) in [5.74, 6) is -3.33. The fourth-order valence-corrected chi connectivity index (χ4v) is 10.0. The van der Waals surface area contributed by atoms with E-state index in [2.05, 4.69) is 18.7 Å². The molecular weight excluding hydrogens is 807 g/mol. The van der Waals surface area contributed by atoms with Gasteiger partial charge in [-0.3, -0.25) is 33.7 Å². The molecule has 0 aromatic heterocycles. The molecule has 5 aromatic rings. The first-order valence-corrected chi connectivity index (χ1v) is 23.9. The molecule has 7 heteroatoms. The summed E-state index contributed by atoms with van der Waals surface area (Å²) in [5.41, 5.74) is 1.82. The predicted octanol–water partition coefficient (Wildman–Crippen LogP) is 11.4. The van der Waals surface area contributed by atoms with Crippen molar-refractivity contribution >= 4 is 56.2 Å². The maximum Gasteiger partial charge on any atom is 0.150 e. The van der Waals surface area contributed by atoms with Gasteiger partial charge in [0.1, 0.15) is 28.9 Å². The van der Waals surface area contributed by atoms with Gasteiger partial charge in [-0.05, 0) is 90.7 Å². The van der Waals surface area contributed by atoms with Crippen LogP contribution >= 0.6 is 0 Å². The Bertz CT molecular complexity index is 2470. The summed E-state index contributed by atoms with van der Waals surface area (Å²) in [6.45, 7) is 14.0. The molecule has 0 spiro atoms. The van der Waals surface area contributed by atoms with Crippen molar-refractivity contribution in [3.05, 3.63) is 132 Å². The van der Waals surface area contributed by atoms with Gasteiger partial charge in [0, 0.05) is 73.2 Å². The smallest absolute Gasteiger partial charge is 0.150 e. The molecule has 342 valence electrons. The number of likely N-dealkylation sites (tertiary alicyclic amines) is 1. The zero-order chi connectivity index (χ0) is 46.8. The number of hydrogen-bond acceptors (Lipinski definition) is 7. The van der Waals surface area contributed by atoms with Gasteiger partial charge in [0.05, 0.1) is 6.04 Å². The lowest BCUT2D eigenvalue weighted by Crippen LogP contribution is -2.41. The van der Waals surface area contributed by atoms with Crippen LogP contribution in [0.25, 0.3) is 21.5 Å². The fourth-order valence-electron chi connectivity index (χ4n) is 10.0. The van der Waals surface area contributed by atoms with Crippen molar-refractivity contribution in [3.63, 3.8) is 0 Å². The van der Waals surface area contributed by atoms with E-state index in [1.807, 2.05) is 129 Å². The van der Waals surface area contributed by atoms with E-state index in [1.54, 1.807) is 20.8 Å². The SMILES string of the molecule is CC(C)C(=O)[C@H](CC(=O)[C@H](CC(=O)C(C)(C)CC(=O)[C@@H](C)CC(=O)[C@H](CC(=O)[C@H]1CCCN1C(C)C)Cc1cccc2ccccc12)Cc1ccccc1)Cc1cccc2ccccc12. The highest BCUT2D eigenvalue weighted by atomic mass is 16.2. The molecule has 5 atom stereocenters. The molecule has 1 saturated heterocycles. The molecule has 0 aliphatic carbocycles. The lowest BCUT2D eigenvalue weighted by Gasteiger charge is -2.29. The Kier molecular flexibility index (Phi) is 16.7. The van der Waals surface area contributed by atoms with E-state index in [4.69, 9.17) is 0 Å². The molecule has 1 heterocycles. The Hall–Kier alpha value is -5.40. The van der Waals surface area contributed by atoms with Crippen LogP contribution in [0.4, 0.5) is 0 Å². The Morgan fingerprint density at radius 1 is 0.569 bits per heavy atom. The molecule has 0 bridgehead atoms. The van der Waals surface area contributed by atoms with Crippen LogP contribution in [0.15, 0.2) is 115 Å². The average molecular weight is 876 g/mol. The van der Waals surface area contributed by atoms with Crippen LogP contribution in [0.5, 0.6) is 0 Å². The lowest BCUT2D eigenvalue weighted by molar-refractivity contribution is -0.138. The van der Waals surface area contributed by atoms with Gasteiger partial charge in [-0.1, -0.05) is 150 Å². The molecule has 0 N–H and O–H groups in total. The Morgan fingerprint density at radius 2 is 1.09 bits per heavy atom. The predicted molar refractivity (Wildman–Crippen MR) is 262 cm³/mol. The van der Waals surface area contributed by atoms with Gasteiger partial charge in [0.15, 0.2) is 5.78 Å². The highest BCUT2D eigenvalue weighted by Gasteiger charge is 2.38. The Morgan fingerprint density at radius 3 is 1.68 bits per heavy atom. The minimum Gasteiger partial charge on any atom is -0.299 e. The lowest BCUT2D eigenvalue weighted by atomic mass is 9.74. The summed E-state index contributed by atoms with van der Waals surface area (Å²) in [6.07, 6.45) is 2.83. The molecule has 0 amide bonds. The number of rotatable bonds is 24. The first-order valence-electron chi connectivity index (χ1n) is 23.9. The van der Waals surface area contributed by atoms with Gasteiger partial charge in [-0.2, -0.15) is 0 Å². The maximum absolute atomic E-state index is 14.5. The molecule has 7 nitrogen and oxygen atoms in total. The highest BCUT2D eigenvalue weighted by Crippen LogP contribution is 2.33. The van der Waals surface area contributed by atoms with Crippen molar-refractivity contribution in [2.24, 2.45) is 35.0 Å². The van der Waals surface area contributed by atoms with Crippen molar-refractivity contribution in [1.29, 1.82) is 0 Å². The molecule has 5 aromatic carbocycles. The van der Waals surface area contributed by atoms with Gasteiger partial charge < -0.3 is 0 Å². The van der Waals surface area contributed by atoms with Crippen molar-refractivity contribution < 1.29 is 28.8 Å². The summed E-state index contributed by atoms with van der Waals surface area (Å²) >= 11 is 0. The average Bonchev–Trinajstić information content (AvgIpc) is 3.79. The van der Waals surface area contributed by atoms with E-state index in [0.29, 0.717) is 19.3 Å². The molecule has 65 heavy (non-hydrogen) atoms. The number of carbonyl (C=O) groups excluding carboxylic acids is 6. The van der Waals surface area contributed by atoms with Gasteiger partial charge in [-0.25, -0.2) is 0 Å². The molecule has 0 saturated carbocycles. The molecular formula is C58H69NO6. The van der Waals surface area contributed by atoms with E-state index >= 15 is 0 Å². The molecule has 0 radical (unpaired) electrons. The van der Waals surface area contributed by atoms with Crippen LogP contribution in [0.2, 0.25) is 0 Å². The summed E-state index contributed by atoms with van der Waals surface area (Å²) < 4.78 is 0. The molecule has 1 aliphatic rings. The van der Waals surface area contributed by atoms with E-state index in [0.717, 1.165) is 57.6 Å². The van der Waals surface area contributed by atoms with Gasteiger partial charge in [0.25, 0.3) is 0 Å². The minimum absolute atomic E-state index is 0.0161. The van der Waals surface area contributed by atoms with Crippen LogP contribution < -0.4 is 0 Å². The van der Waals surface area contributed by atoms with Crippen LogP contribution in [-0.4, -0.2) is 58.2 Å². The van der Waals surface area contributed by atoms with Crippen molar-refractivity contribution in [2.75, 3.05) is 6.54 Å². The Labute approximate surface area is 386 Å². The summed E-state index contributed by atoms with van der Waals surface area (Å²) in [6, 6.07) is 37.8. The van der Waals surface area contributed by atoms with Gasteiger partial charge >= 0.3 is 0 Å². The van der Waals surface area contributed by atoms with Crippen LogP contribution in [0, 0.1) is 35.0 Å². The number of carbonyl (C=O) groups is 6. The number of ketones is 6. The van der Waals surface area contributed by atoms with Crippen LogP contribution in [-0.2, 0) is 48.0 Å². The monoisotopic (exact) mass is 876 g/mol. The maximum atomic E-state index is 14.5. The number of hydrogen-bond donors (Lipinski definition) is 0.